The Kier molecular flexibility index (Phi) is 6.25. The Labute approximate surface area is 200 Å². The summed E-state index contributed by atoms with van der Waals surface area (Å²) in [5, 5.41) is 22.1. The van der Waals surface area contributed by atoms with Gasteiger partial charge in [-0.2, -0.15) is 46.6 Å². The van der Waals surface area contributed by atoms with Gasteiger partial charge in [0.25, 0.3) is 0 Å². The number of anilines is 3. The molecule has 1 saturated heterocycles. The van der Waals surface area contributed by atoms with Crippen molar-refractivity contribution < 1.29 is 31.4 Å². The summed E-state index contributed by atoms with van der Waals surface area (Å²) in [5.41, 5.74) is -3.87. The second-order valence-electron chi connectivity index (χ2n) is 8.17. The van der Waals surface area contributed by atoms with Crippen LogP contribution in [0, 0.1) is 11.3 Å². The highest BCUT2D eigenvalue weighted by Crippen LogP contribution is 2.37. The minimum absolute atomic E-state index is 0.0660. The maximum atomic E-state index is 13.5. The number of aromatic nitrogens is 4. The molecule has 2 aromatic rings. The second kappa shape index (κ2) is 8.94. The Bertz CT molecular complexity index is 1250. The van der Waals surface area contributed by atoms with Crippen molar-refractivity contribution in [3.05, 3.63) is 53.8 Å². The van der Waals surface area contributed by atoms with Crippen molar-refractivity contribution in [2.75, 3.05) is 30.4 Å². The van der Waals surface area contributed by atoms with Crippen LogP contribution in [0.1, 0.15) is 24.0 Å². The fourth-order valence-electron chi connectivity index (χ4n) is 3.76. The van der Waals surface area contributed by atoms with Crippen LogP contribution in [0.15, 0.2) is 42.3 Å². The molecule has 0 saturated carbocycles. The van der Waals surface area contributed by atoms with Crippen LogP contribution in [0.2, 0.25) is 0 Å². The highest BCUT2D eigenvalue weighted by molar-refractivity contribution is 5.55. The van der Waals surface area contributed by atoms with Crippen LogP contribution in [0.3, 0.4) is 0 Å². The third-order valence-electron chi connectivity index (χ3n) is 5.59. The molecule has 4 heterocycles. The summed E-state index contributed by atoms with van der Waals surface area (Å²) in [6.07, 6.45) is -4.86. The monoisotopic (exact) mass is 512 g/mol. The molecule has 2 N–H and O–H groups in total. The normalized spacial score (nSPS) is 22.4. The zero-order chi connectivity index (χ0) is 26.3. The zero-order valence-corrected chi connectivity index (χ0v) is 18.5. The first-order valence-electron chi connectivity index (χ1n) is 10.4. The van der Waals surface area contributed by atoms with Gasteiger partial charge in [-0.3, -0.25) is 4.98 Å². The molecule has 2 aliphatic rings. The SMILES string of the molecule is CN1C(C(F)(F)F)=CC=CC1c1nc(Nc2ccnc(C(F)(F)F)c2)nc(N2CCC(O)(C#N)C2)n1. The fourth-order valence-corrected chi connectivity index (χ4v) is 3.76. The van der Waals surface area contributed by atoms with E-state index in [1.54, 1.807) is 6.07 Å². The van der Waals surface area contributed by atoms with Crippen molar-refractivity contribution in [3.63, 3.8) is 0 Å². The molecule has 2 aromatic heterocycles. The van der Waals surface area contributed by atoms with Crippen molar-refractivity contribution in [3.8, 4) is 6.07 Å². The van der Waals surface area contributed by atoms with E-state index in [0.29, 0.717) is 0 Å². The minimum atomic E-state index is -4.71. The fraction of sp³-hybridized carbons (Fsp3) is 0.381. The summed E-state index contributed by atoms with van der Waals surface area (Å²) < 4.78 is 79.6. The number of rotatable bonds is 4. The van der Waals surface area contributed by atoms with Gasteiger partial charge < -0.3 is 20.2 Å². The number of nitriles is 1. The van der Waals surface area contributed by atoms with E-state index in [0.717, 1.165) is 23.2 Å². The number of alkyl halides is 6. The third-order valence-corrected chi connectivity index (χ3v) is 5.59. The largest absolute Gasteiger partial charge is 0.433 e. The summed E-state index contributed by atoms with van der Waals surface area (Å²) in [5.74, 6) is -0.441. The number of halogens is 6. The maximum Gasteiger partial charge on any atom is 0.433 e. The zero-order valence-electron chi connectivity index (χ0n) is 18.5. The molecule has 0 aromatic carbocycles. The number of nitrogens with one attached hydrogen (secondary N) is 1. The van der Waals surface area contributed by atoms with Crippen molar-refractivity contribution in [1.29, 1.82) is 5.26 Å². The van der Waals surface area contributed by atoms with Gasteiger partial charge in [-0.25, -0.2) is 0 Å². The van der Waals surface area contributed by atoms with Crippen molar-refractivity contribution in [2.24, 2.45) is 0 Å². The first-order valence-corrected chi connectivity index (χ1v) is 10.4. The number of likely N-dealkylation sites (N-methyl/N-ethyl adjacent to an activating group) is 1. The van der Waals surface area contributed by atoms with Gasteiger partial charge in [0.15, 0.2) is 11.4 Å². The number of aliphatic hydroxyl groups is 1. The Balaban J connectivity index is 1.73. The predicted octanol–water partition coefficient (Wildman–Crippen LogP) is 3.48. The molecule has 0 aliphatic carbocycles. The lowest BCUT2D eigenvalue weighted by molar-refractivity contribution is -0.141. The Hall–Kier alpha value is -3.93. The Morgan fingerprint density at radius 2 is 1.92 bits per heavy atom. The molecule has 2 aliphatic heterocycles. The third kappa shape index (κ3) is 5.18. The highest BCUT2D eigenvalue weighted by Gasteiger charge is 2.41. The van der Waals surface area contributed by atoms with E-state index >= 15 is 0 Å². The maximum absolute atomic E-state index is 13.5. The number of pyridine rings is 1. The van der Waals surface area contributed by atoms with Gasteiger partial charge in [0.2, 0.25) is 11.9 Å². The average Bonchev–Trinajstić information content (AvgIpc) is 3.21. The molecule has 0 bridgehead atoms. The molecule has 2 atom stereocenters. The van der Waals surface area contributed by atoms with Gasteiger partial charge in [0.1, 0.15) is 17.4 Å². The Morgan fingerprint density at radius 3 is 2.56 bits per heavy atom. The van der Waals surface area contributed by atoms with Crippen molar-refractivity contribution in [1.82, 2.24) is 24.8 Å². The molecule has 190 valence electrons. The summed E-state index contributed by atoms with van der Waals surface area (Å²) >= 11 is 0. The lowest BCUT2D eigenvalue weighted by Gasteiger charge is -2.32. The quantitative estimate of drug-likeness (QED) is 0.470. The van der Waals surface area contributed by atoms with Crippen LogP contribution >= 0.6 is 0 Å². The summed E-state index contributed by atoms with van der Waals surface area (Å²) in [6.45, 7) is -0.0194. The van der Waals surface area contributed by atoms with Gasteiger partial charge in [-0.1, -0.05) is 12.2 Å². The lowest BCUT2D eigenvalue weighted by Crippen LogP contribution is -2.35. The number of hydrogen-bond donors (Lipinski definition) is 2. The van der Waals surface area contributed by atoms with E-state index in [1.165, 1.54) is 30.2 Å². The minimum Gasteiger partial charge on any atom is -0.373 e. The van der Waals surface area contributed by atoms with Gasteiger partial charge in [-0.05, 0) is 18.2 Å². The predicted molar refractivity (Wildman–Crippen MR) is 114 cm³/mol. The lowest BCUT2D eigenvalue weighted by atomic mass is 10.1. The van der Waals surface area contributed by atoms with Crippen LogP contribution in [-0.2, 0) is 6.18 Å². The standard InChI is InChI=1S/C21H18F6N8O/c1-34-13(3-2-4-15(34)21(25,26)27)16-31-17(30-12-5-7-29-14(9-12)20(22,23)24)33-18(32-16)35-8-6-19(36,10-28)11-35/h2-5,7,9,13,36H,6,8,11H2,1H3,(H,29,30,31,32,33). The number of hydrogen-bond acceptors (Lipinski definition) is 9. The molecule has 1 fully saturated rings. The van der Waals surface area contributed by atoms with Gasteiger partial charge in [0, 0.05) is 31.9 Å². The molecular formula is C21H18F6N8O. The Morgan fingerprint density at radius 1 is 1.17 bits per heavy atom. The first kappa shape index (κ1) is 25.2. The summed E-state index contributed by atoms with van der Waals surface area (Å²) in [4.78, 5) is 18.2. The van der Waals surface area contributed by atoms with E-state index in [9.17, 15) is 36.7 Å². The number of allylic oxidation sites excluding steroid dienone is 3. The molecule has 9 nitrogen and oxygen atoms in total. The number of β-amino-alcohol motifs (C(OH)–C–C–N with tert-alkyl or cyclic N) is 1. The summed E-state index contributed by atoms with van der Waals surface area (Å²) in [7, 11) is 1.20. The summed E-state index contributed by atoms with van der Waals surface area (Å²) in [6, 6.07) is 2.66. The average molecular weight is 512 g/mol. The number of nitrogens with zero attached hydrogens (tertiary/aromatic N) is 7. The molecule has 4 rings (SSSR count). The van der Waals surface area contributed by atoms with Crippen LogP contribution in [0.25, 0.3) is 0 Å². The highest BCUT2D eigenvalue weighted by atomic mass is 19.4. The van der Waals surface area contributed by atoms with E-state index in [-0.39, 0.29) is 42.9 Å². The van der Waals surface area contributed by atoms with Gasteiger partial charge >= 0.3 is 12.4 Å². The first-order chi connectivity index (χ1) is 16.8. The smallest absolute Gasteiger partial charge is 0.373 e. The van der Waals surface area contributed by atoms with Crippen LogP contribution in [-0.4, -0.2) is 61.9 Å². The van der Waals surface area contributed by atoms with E-state index in [2.05, 4.69) is 25.3 Å². The van der Waals surface area contributed by atoms with Crippen molar-refractivity contribution >= 4 is 17.6 Å². The van der Waals surface area contributed by atoms with Crippen LogP contribution < -0.4 is 10.2 Å². The topological polar surface area (TPSA) is 114 Å². The van der Waals surface area contributed by atoms with E-state index < -0.39 is 35.4 Å². The van der Waals surface area contributed by atoms with E-state index in [4.69, 9.17) is 0 Å². The molecular weight excluding hydrogens is 494 g/mol. The molecule has 15 heteroatoms. The van der Waals surface area contributed by atoms with Gasteiger partial charge in [-0.15, -0.1) is 0 Å². The van der Waals surface area contributed by atoms with Crippen LogP contribution in [0.5, 0.6) is 0 Å². The molecule has 0 radical (unpaired) electrons. The second-order valence-corrected chi connectivity index (χ2v) is 8.17. The molecule has 2 unspecified atom stereocenters. The molecule has 36 heavy (non-hydrogen) atoms. The van der Waals surface area contributed by atoms with Gasteiger partial charge in [0.05, 0.1) is 12.6 Å². The molecule has 0 amide bonds. The molecule has 0 spiro atoms. The van der Waals surface area contributed by atoms with Crippen molar-refractivity contribution in [2.45, 2.75) is 30.4 Å². The van der Waals surface area contributed by atoms with Crippen LogP contribution in [0.4, 0.5) is 43.9 Å². The van der Waals surface area contributed by atoms with E-state index in [1.807, 2.05) is 0 Å².